The third-order valence-corrected chi connectivity index (χ3v) is 1.57. The topological polar surface area (TPSA) is 35.5 Å². The number of nitrogens with one attached hydrogen (secondary N) is 1. The minimum Gasteiger partial charge on any atom is -0.316 e. The molecule has 0 aromatic rings. The molecule has 8 heavy (non-hydrogen) atoms. The molecule has 1 rings (SSSR count). The zero-order valence-electron chi connectivity index (χ0n) is 5.09. The second-order valence-electron chi connectivity index (χ2n) is 2.38. The number of hydrogen-bond donors (Lipinski definition) is 2. The Kier molecular flexibility index (Phi) is 1.83. The lowest BCUT2D eigenvalue weighted by molar-refractivity contribution is 0.129. The summed E-state index contributed by atoms with van der Waals surface area (Å²) in [6.07, 6.45) is 1.06. The highest BCUT2D eigenvalue weighted by Gasteiger charge is 2.17. The zero-order valence-corrected chi connectivity index (χ0v) is 5.09. The highest BCUT2D eigenvalue weighted by atomic mass is 16.5. The van der Waals surface area contributed by atoms with E-state index >= 15 is 0 Å². The Morgan fingerprint density at radius 2 is 2.50 bits per heavy atom. The van der Waals surface area contributed by atoms with E-state index in [0.717, 1.165) is 19.5 Å². The van der Waals surface area contributed by atoms with Crippen LogP contribution in [0.4, 0.5) is 0 Å². The van der Waals surface area contributed by atoms with Crippen LogP contribution < -0.4 is 5.48 Å². The largest absolute Gasteiger partial charge is 0.316 e. The van der Waals surface area contributed by atoms with E-state index in [1.54, 1.807) is 0 Å². The normalized spacial score (nSPS) is 31.5. The second kappa shape index (κ2) is 2.44. The zero-order chi connectivity index (χ0) is 5.98. The molecule has 1 atom stereocenters. The third kappa shape index (κ3) is 1.18. The Morgan fingerprint density at radius 1 is 1.75 bits per heavy atom. The Labute approximate surface area is 49.3 Å². The molecule has 2 N–H and O–H groups in total. The van der Waals surface area contributed by atoms with Gasteiger partial charge in [-0.15, -0.1) is 0 Å². The molecule has 0 saturated carbocycles. The summed E-state index contributed by atoms with van der Waals surface area (Å²) in [5.74, 6) is 0. The molecule has 0 aromatic heterocycles. The Bertz CT molecular complexity index is 76.8. The van der Waals surface area contributed by atoms with Crippen LogP contribution in [0.1, 0.15) is 6.42 Å². The van der Waals surface area contributed by atoms with Crippen LogP contribution >= 0.6 is 0 Å². The van der Waals surface area contributed by atoms with Crippen molar-refractivity contribution >= 4 is 0 Å². The fourth-order valence-corrected chi connectivity index (χ4v) is 1.04. The Balaban J connectivity index is 2.22. The van der Waals surface area contributed by atoms with Crippen molar-refractivity contribution < 1.29 is 5.21 Å². The van der Waals surface area contributed by atoms with Crippen LogP contribution in [0.5, 0.6) is 0 Å². The number of hydroxylamine groups is 1. The van der Waals surface area contributed by atoms with Crippen molar-refractivity contribution in [1.82, 2.24) is 10.4 Å². The van der Waals surface area contributed by atoms with E-state index in [2.05, 4.69) is 17.4 Å². The van der Waals surface area contributed by atoms with Crippen molar-refractivity contribution in [3.8, 4) is 0 Å². The summed E-state index contributed by atoms with van der Waals surface area (Å²) < 4.78 is 0. The smallest absolute Gasteiger partial charge is 0.0458 e. The van der Waals surface area contributed by atoms with Gasteiger partial charge in [-0.2, -0.15) is 0 Å². The standard InChI is InChI=1S/C5H12N2O/c1-7-3-2-5(4-7)6-8/h5-6,8H,2-4H2,1H3. The molecule has 1 unspecified atom stereocenters. The molecule has 0 bridgehead atoms. The molecule has 0 aliphatic carbocycles. The SMILES string of the molecule is CN1CCC(NO)C1. The van der Waals surface area contributed by atoms with Gasteiger partial charge in [0.2, 0.25) is 0 Å². The van der Waals surface area contributed by atoms with Crippen LogP contribution in [0.15, 0.2) is 0 Å². The average Bonchev–Trinajstić information content (AvgIpc) is 2.14. The van der Waals surface area contributed by atoms with Crippen molar-refractivity contribution in [3.63, 3.8) is 0 Å². The fraction of sp³-hybridized carbons (Fsp3) is 1.00. The first-order valence-electron chi connectivity index (χ1n) is 2.91. The molecule has 0 radical (unpaired) electrons. The highest BCUT2D eigenvalue weighted by Crippen LogP contribution is 2.04. The lowest BCUT2D eigenvalue weighted by atomic mass is 10.3. The van der Waals surface area contributed by atoms with Crippen LogP contribution in [0.2, 0.25) is 0 Å². The van der Waals surface area contributed by atoms with E-state index in [4.69, 9.17) is 5.21 Å². The maximum atomic E-state index is 8.41. The van der Waals surface area contributed by atoms with E-state index in [1.165, 1.54) is 0 Å². The van der Waals surface area contributed by atoms with Crippen molar-refractivity contribution in [1.29, 1.82) is 0 Å². The molecule has 0 amide bonds. The lowest BCUT2D eigenvalue weighted by Gasteiger charge is -2.06. The maximum Gasteiger partial charge on any atom is 0.0458 e. The molecule has 3 nitrogen and oxygen atoms in total. The Morgan fingerprint density at radius 3 is 2.75 bits per heavy atom. The van der Waals surface area contributed by atoms with Crippen LogP contribution in [-0.4, -0.2) is 36.3 Å². The first-order valence-corrected chi connectivity index (χ1v) is 2.91. The average molecular weight is 116 g/mol. The van der Waals surface area contributed by atoms with Crippen LogP contribution in [0.25, 0.3) is 0 Å². The van der Waals surface area contributed by atoms with Crippen LogP contribution in [-0.2, 0) is 0 Å². The van der Waals surface area contributed by atoms with E-state index < -0.39 is 0 Å². The Hall–Kier alpha value is -0.120. The molecule has 48 valence electrons. The van der Waals surface area contributed by atoms with Gasteiger partial charge >= 0.3 is 0 Å². The maximum absolute atomic E-state index is 8.41. The van der Waals surface area contributed by atoms with Gasteiger partial charge in [0.15, 0.2) is 0 Å². The second-order valence-corrected chi connectivity index (χ2v) is 2.38. The summed E-state index contributed by atoms with van der Waals surface area (Å²) in [6, 6.07) is 0.306. The summed E-state index contributed by atoms with van der Waals surface area (Å²) >= 11 is 0. The van der Waals surface area contributed by atoms with Crippen molar-refractivity contribution in [2.24, 2.45) is 0 Å². The van der Waals surface area contributed by atoms with E-state index in [0.29, 0.717) is 6.04 Å². The van der Waals surface area contributed by atoms with E-state index in [1.807, 2.05) is 0 Å². The summed E-state index contributed by atoms with van der Waals surface area (Å²) in [4.78, 5) is 2.19. The molecule has 1 saturated heterocycles. The van der Waals surface area contributed by atoms with Crippen LogP contribution in [0.3, 0.4) is 0 Å². The van der Waals surface area contributed by atoms with E-state index in [-0.39, 0.29) is 0 Å². The molecule has 1 fully saturated rings. The predicted molar refractivity (Wildman–Crippen MR) is 30.8 cm³/mol. The molecule has 1 heterocycles. The minimum atomic E-state index is 0.306. The van der Waals surface area contributed by atoms with Crippen molar-refractivity contribution in [3.05, 3.63) is 0 Å². The van der Waals surface area contributed by atoms with E-state index in [9.17, 15) is 0 Å². The van der Waals surface area contributed by atoms with Gasteiger partial charge in [0, 0.05) is 12.6 Å². The monoisotopic (exact) mass is 116 g/mol. The number of likely N-dealkylation sites (N-methyl/N-ethyl adjacent to an activating group) is 1. The summed E-state index contributed by atoms with van der Waals surface area (Å²) in [7, 11) is 2.05. The molecular weight excluding hydrogens is 104 g/mol. The first kappa shape index (κ1) is 6.01. The number of rotatable bonds is 1. The minimum absolute atomic E-state index is 0.306. The molecule has 1 aliphatic rings. The van der Waals surface area contributed by atoms with Crippen LogP contribution in [0, 0.1) is 0 Å². The predicted octanol–water partition coefficient (Wildman–Crippen LogP) is -0.331. The van der Waals surface area contributed by atoms with Gasteiger partial charge < -0.3 is 10.1 Å². The quantitative estimate of drug-likeness (QED) is 0.460. The number of likely N-dealkylation sites (tertiary alicyclic amines) is 1. The van der Waals surface area contributed by atoms with Gasteiger partial charge in [0.05, 0.1) is 0 Å². The first-order chi connectivity index (χ1) is 3.83. The summed E-state index contributed by atoms with van der Waals surface area (Å²) in [5.41, 5.74) is 2.25. The summed E-state index contributed by atoms with van der Waals surface area (Å²) in [5, 5.41) is 8.41. The van der Waals surface area contributed by atoms with Crippen molar-refractivity contribution in [2.75, 3.05) is 20.1 Å². The molecule has 3 heteroatoms. The van der Waals surface area contributed by atoms with Gasteiger partial charge in [-0.05, 0) is 20.0 Å². The summed E-state index contributed by atoms with van der Waals surface area (Å²) in [6.45, 7) is 2.06. The van der Waals surface area contributed by atoms with Gasteiger partial charge in [0.1, 0.15) is 0 Å². The molecule has 1 aliphatic heterocycles. The van der Waals surface area contributed by atoms with Gasteiger partial charge in [-0.1, -0.05) is 0 Å². The fourth-order valence-electron chi connectivity index (χ4n) is 1.04. The third-order valence-electron chi connectivity index (χ3n) is 1.57. The lowest BCUT2D eigenvalue weighted by Crippen LogP contribution is -2.28. The molecular formula is C5H12N2O. The van der Waals surface area contributed by atoms with Gasteiger partial charge in [0.25, 0.3) is 0 Å². The molecule has 0 spiro atoms. The van der Waals surface area contributed by atoms with Gasteiger partial charge in [-0.3, -0.25) is 0 Å². The van der Waals surface area contributed by atoms with Gasteiger partial charge in [-0.25, -0.2) is 5.48 Å². The molecule has 0 aromatic carbocycles. The highest BCUT2D eigenvalue weighted by molar-refractivity contribution is 4.75. The number of nitrogens with zero attached hydrogens (tertiary/aromatic N) is 1. The number of hydrogen-bond acceptors (Lipinski definition) is 3. The van der Waals surface area contributed by atoms with Crippen molar-refractivity contribution in [2.45, 2.75) is 12.5 Å².